The van der Waals surface area contributed by atoms with Crippen LogP contribution in [0, 0.1) is 0 Å². The van der Waals surface area contributed by atoms with E-state index in [0.29, 0.717) is 56.4 Å². The van der Waals surface area contributed by atoms with Gasteiger partial charge in [-0.25, -0.2) is 13.8 Å². The zero-order chi connectivity index (χ0) is 21.8. The highest BCUT2D eigenvalue weighted by molar-refractivity contribution is 5.77. The monoisotopic (exact) mass is 432 g/mol. The maximum absolute atomic E-state index is 13.8. The molecule has 0 spiro atoms. The Morgan fingerprint density at radius 3 is 2.58 bits per heavy atom. The number of halogens is 2. The summed E-state index contributed by atoms with van der Waals surface area (Å²) in [4.78, 5) is 30.3. The van der Waals surface area contributed by atoms with Crippen LogP contribution in [-0.4, -0.2) is 69.8 Å². The fourth-order valence-electron chi connectivity index (χ4n) is 3.25. The molecule has 0 unspecified atom stereocenters. The van der Waals surface area contributed by atoms with E-state index >= 15 is 0 Å². The van der Waals surface area contributed by atoms with Crippen molar-refractivity contribution in [1.29, 1.82) is 0 Å². The predicted molar refractivity (Wildman–Crippen MR) is 110 cm³/mol. The number of rotatable bonds is 7. The minimum Gasteiger partial charge on any atom is -0.378 e. The molecule has 3 heterocycles. The molecule has 0 atom stereocenters. The number of anilines is 2. The van der Waals surface area contributed by atoms with Crippen LogP contribution in [0.25, 0.3) is 17.0 Å². The first-order valence-electron chi connectivity index (χ1n) is 9.86. The number of nitrogens with one attached hydrogen (secondary N) is 2. The smallest absolute Gasteiger partial charge is 0.296 e. The molecule has 0 saturated carbocycles. The maximum atomic E-state index is 13.8. The Kier molecular flexibility index (Phi) is 6.16. The Morgan fingerprint density at radius 2 is 1.84 bits per heavy atom. The Labute approximate surface area is 176 Å². The van der Waals surface area contributed by atoms with Crippen LogP contribution in [0.1, 0.15) is 19.2 Å². The van der Waals surface area contributed by atoms with Gasteiger partial charge in [0.25, 0.3) is 6.43 Å². The summed E-state index contributed by atoms with van der Waals surface area (Å²) in [5, 5.41) is 5.69. The minimum absolute atomic E-state index is 0.0440. The zero-order valence-corrected chi connectivity index (χ0v) is 16.9. The number of para-hydroxylation sites is 2. The molecule has 1 aliphatic heterocycles. The molecular formula is C19H22F2N8O2. The number of imidazole rings is 1. The number of fused-ring (bicyclic) bond motifs is 1. The lowest BCUT2D eigenvalue weighted by Gasteiger charge is -2.27. The lowest BCUT2D eigenvalue weighted by atomic mass is 10.3. The van der Waals surface area contributed by atoms with Crippen LogP contribution >= 0.6 is 0 Å². The van der Waals surface area contributed by atoms with Gasteiger partial charge in [0.1, 0.15) is 0 Å². The topological polar surface area (TPSA) is 110 Å². The van der Waals surface area contributed by atoms with Gasteiger partial charge in [-0.2, -0.15) is 15.0 Å². The highest BCUT2D eigenvalue weighted by atomic mass is 19.3. The number of alkyl halides is 2. The van der Waals surface area contributed by atoms with Gasteiger partial charge in [-0.15, -0.1) is 0 Å². The summed E-state index contributed by atoms with van der Waals surface area (Å²) in [6.45, 7) is 4.32. The van der Waals surface area contributed by atoms with E-state index in [-0.39, 0.29) is 17.8 Å². The molecule has 12 heteroatoms. The molecule has 0 bridgehead atoms. The first kappa shape index (κ1) is 20.8. The average Bonchev–Trinajstić information content (AvgIpc) is 3.17. The molecule has 1 fully saturated rings. The first-order chi connectivity index (χ1) is 15.0. The fraction of sp³-hybridized carbons (Fsp3) is 0.421. The summed E-state index contributed by atoms with van der Waals surface area (Å²) in [6, 6.07) is 6.83. The molecule has 4 rings (SSSR count). The van der Waals surface area contributed by atoms with Crippen LogP contribution in [0.4, 0.5) is 20.7 Å². The number of amides is 1. The highest BCUT2D eigenvalue weighted by Crippen LogP contribution is 2.27. The minimum atomic E-state index is -2.81. The number of hydrogen-bond acceptors (Lipinski definition) is 8. The van der Waals surface area contributed by atoms with E-state index in [2.05, 4.69) is 30.6 Å². The first-order valence-corrected chi connectivity index (χ1v) is 9.86. The Bertz CT molecular complexity index is 1070. The van der Waals surface area contributed by atoms with Crippen molar-refractivity contribution >= 4 is 28.8 Å². The Hall–Kier alpha value is -3.41. The van der Waals surface area contributed by atoms with Crippen LogP contribution in [-0.2, 0) is 9.53 Å². The van der Waals surface area contributed by atoms with Gasteiger partial charge < -0.3 is 20.3 Å². The van der Waals surface area contributed by atoms with Crippen molar-refractivity contribution in [2.45, 2.75) is 13.3 Å². The average molecular weight is 432 g/mol. The second kappa shape index (κ2) is 9.16. The van der Waals surface area contributed by atoms with Crippen LogP contribution in [0.15, 0.2) is 24.3 Å². The molecule has 3 aromatic rings. The predicted octanol–water partition coefficient (Wildman–Crippen LogP) is 1.53. The number of ether oxygens (including phenoxy) is 1. The van der Waals surface area contributed by atoms with E-state index in [1.54, 1.807) is 24.3 Å². The number of morpholine rings is 1. The quantitative estimate of drug-likeness (QED) is 0.541. The lowest BCUT2D eigenvalue weighted by molar-refractivity contribution is -0.118. The standard InChI is InChI=1S/C19H22F2N8O2/c1-12(30)22-6-7-23-17-25-18(28-8-10-31-11-9-28)27-19(26-17)29-14-5-3-2-4-13(14)24-16(29)15(20)21/h2-5,15H,6-11H2,1H3,(H,22,30)(H,23,25,26,27). The molecule has 2 N–H and O–H groups in total. The second-order valence-electron chi connectivity index (χ2n) is 6.86. The lowest BCUT2D eigenvalue weighted by Crippen LogP contribution is -2.38. The molecule has 1 saturated heterocycles. The summed E-state index contributed by atoms with van der Waals surface area (Å²) in [5.41, 5.74) is 0.896. The summed E-state index contributed by atoms with van der Waals surface area (Å²) in [7, 11) is 0. The molecule has 0 radical (unpaired) electrons. The van der Waals surface area contributed by atoms with Gasteiger partial charge in [-0.05, 0) is 12.1 Å². The van der Waals surface area contributed by atoms with Crippen molar-refractivity contribution in [2.24, 2.45) is 0 Å². The molecule has 164 valence electrons. The van der Waals surface area contributed by atoms with Crippen molar-refractivity contribution in [3.05, 3.63) is 30.1 Å². The summed E-state index contributed by atoms with van der Waals surface area (Å²) in [5.74, 6) is 0.0220. The number of benzene rings is 1. The van der Waals surface area contributed by atoms with E-state index in [4.69, 9.17) is 4.74 Å². The number of nitrogens with zero attached hydrogens (tertiary/aromatic N) is 6. The van der Waals surface area contributed by atoms with E-state index in [1.165, 1.54) is 11.5 Å². The summed E-state index contributed by atoms with van der Waals surface area (Å²) in [6.07, 6.45) is -2.81. The number of carbonyl (C=O) groups is 1. The van der Waals surface area contributed by atoms with Crippen LogP contribution in [0.3, 0.4) is 0 Å². The van der Waals surface area contributed by atoms with Crippen molar-refractivity contribution in [2.75, 3.05) is 49.6 Å². The van der Waals surface area contributed by atoms with Gasteiger partial charge in [0, 0.05) is 33.1 Å². The van der Waals surface area contributed by atoms with Gasteiger partial charge in [-0.1, -0.05) is 12.1 Å². The molecule has 10 nitrogen and oxygen atoms in total. The number of hydrogen-bond donors (Lipinski definition) is 2. The van der Waals surface area contributed by atoms with Gasteiger partial charge in [0.05, 0.1) is 24.2 Å². The molecule has 1 aromatic carbocycles. The van der Waals surface area contributed by atoms with Crippen molar-refractivity contribution in [1.82, 2.24) is 29.8 Å². The zero-order valence-electron chi connectivity index (χ0n) is 16.9. The third-order valence-corrected chi connectivity index (χ3v) is 4.67. The van der Waals surface area contributed by atoms with Crippen molar-refractivity contribution < 1.29 is 18.3 Å². The Morgan fingerprint density at radius 1 is 1.10 bits per heavy atom. The SMILES string of the molecule is CC(=O)NCCNc1nc(N2CCOCC2)nc(-n2c(C(F)F)nc3ccccc32)n1. The number of aromatic nitrogens is 5. The largest absolute Gasteiger partial charge is 0.378 e. The van der Waals surface area contributed by atoms with Gasteiger partial charge in [0.2, 0.25) is 23.8 Å². The second-order valence-corrected chi connectivity index (χ2v) is 6.86. The van der Waals surface area contributed by atoms with Gasteiger partial charge in [-0.3, -0.25) is 9.36 Å². The van der Waals surface area contributed by atoms with Crippen molar-refractivity contribution in [3.63, 3.8) is 0 Å². The normalized spacial score (nSPS) is 14.3. The molecule has 1 amide bonds. The van der Waals surface area contributed by atoms with Crippen LogP contribution in [0.5, 0.6) is 0 Å². The maximum Gasteiger partial charge on any atom is 0.296 e. The third kappa shape index (κ3) is 4.68. The van der Waals surface area contributed by atoms with Crippen LogP contribution in [0.2, 0.25) is 0 Å². The van der Waals surface area contributed by atoms with Gasteiger partial charge in [0.15, 0.2) is 5.82 Å². The molecule has 0 aliphatic carbocycles. The Balaban J connectivity index is 1.76. The van der Waals surface area contributed by atoms with Crippen molar-refractivity contribution in [3.8, 4) is 5.95 Å². The van der Waals surface area contributed by atoms with Crippen LogP contribution < -0.4 is 15.5 Å². The molecule has 31 heavy (non-hydrogen) atoms. The van der Waals surface area contributed by atoms with E-state index in [1.807, 2.05) is 4.90 Å². The fourth-order valence-corrected chi connectivity index (χ4v) is 3.25. The van der Waals surface area contributed by atoms with E-state index in [9.17, 15) is 13.6 Å². The highest BCUT2D eigenvalue weighted by Gasteiger charge is 2.24. The molecular weight excluding hydrogens is 410 g/mol. The molecule has 2 aromatic heterocycles. The summed E-state index contributed by atoms with van der Waals surface area (Å²) < 4.78 is 34.2. The van der Waals surface area contributed by atoms with E-state index in [0.717, 1.165) is 0 Å². The molecule has 1 aliphatic rings. The summed E-state index contributed by atoms with van der Waals surface area (Å²) >= 11 is 0. The third-order valence-electron chi connectivity index (χ3n) is 4.67. The van der Waals surface area contributed by atoms with Gasteiger partial charge >= 0.3 is 0 Å². The number of carbonyl (C=O) groups excluding carboxylic acids is 1. The van der Waals surface area contributed by atoms with E-state index < -0.39 is 12.2 Å².